The molecule has 0 radical (unpaired) electrons. The van der Waals surface area contributed by atoms with Crippen molar-refractivity contribution >= 4 is 9.84 Å². The highest BCUT2D eigenvalue weighted by molar-refractivity contribution is 7.91. The van der Waals surface area contributed by atoms with Gasteiger partial charge in [0.25, 0.3) is 0 Å². The molecule has 0 amide bonds. The minimum absolute atomic E-state index is 0.127. The molecule has 1 aliphatic heterocycles. The van der Waals surface area contributed by atoms with Crippen LogP contribution in [0.1, 0.15) is 27.2 Å². The van der Waals surface area contributed by atoms with Gasteiger partial charge in [0.2, 0.25) is 0 Å². The highest BCUT2D eigenvalue weighted by atomic mass is 32.2. The summed E-state index contributed by atoms with van der Waals surface area (Å²) in [5.74, 6) is 1.02. The van der Waals surface area contributed by atoms with Gasteiger partial charge in [-0.15, -0.1) is 0 Å². The lowest BCUT2D eigenvalue weighted by molar-refractivity contribution is 0.389. The van der Waals surface area contributed by atoms with E-state index in [1.807, 2.05) is 0 Å². The Morgan fingerprint density at radius 3 is 2.54 bits per heavy atom. The maximum atomic E-state index is 11.5. The van der Waals surface area contributed by atoms with Gasteiger partial charge < -0.3 is 5.32 Å². The van der Waals surface area contributed by atoms with E-state index in [1.54, 1.807) is 0 Å². The maximum absolute atomic E-state index is 11.5. The van der Waals surface area contributed by atoms with E-state index >= 15 is 0 Å². The van der Waals surface area contributed by atoms with Crippen molar-refractivity contribution in [3.63, 3.8) is 0 Å². The van der Waals surface area contributed by atoms with Crippen LogP contribution < -0.4 is 5.32 Å². The van der Waals surface area contributed by atoms with Crippen LogP contribution in [0.15, 0.2) is 0 Å². The topological polar surface area (TPSA) is 46.2 Å². The summed E-state index contributed by atoms with van der Waals surface area (Å²) in [5.41, 5.74) is 0. The summed E-state index contributed by atoms with van der Waals surface area (Å²) in [6, 6.07) is 0.451. The molecule has 13 heavy (non-hydrogen) atoms. The van der Waals surface area contributed by atoms with Crippen molar-refractivity contribution in [2.24, 2.45) is 5.92 Å². The van der Waals surface area contributed by atoms with Gasteiger partial charge in [0, 0.05) is 12.1 Å². The Morgan fingerprint density at radius 1 is 1.38 bits per heavy atom. The monoisotopic (exact) mass is 205 g/mol. The Kier molecular flexibility index (Phi) is 3.35. The van der Waals surface area contributed by atoms with E-state index in [1.165, 1.54) is 0 Å². The molecule has 0 aromatic rings. The maximum Gasteiger partial charge on any atom is 0.151 e. The summed E-state index contributed by atoms with van der Waals surface area (Å²) in [6.45, 7) is 6.17. The van der Waals surface area contributed by atoms with Crippen LogP contribution in [0.4, 0.5) is 0 Å². The third-order valence-corrected chi connectivity index (χ3v) is 4.32. The molecule has 0 aliphatic carbocycles. The van der Waals surface area contributed by atoms with Crippen LogP contribution in [0.25, 0.3) is 0 Å². The Labute approximate surface area is 80.8 Å². The van der Waals surface area contributed by atoms with Gasteiger partial charge in [-0.05, 0) is 19.3 Å². The molecule has 1 fully saturated rings. The third kappa shape index (κ3) is 3.27. The predicted octanol–water partition coefficient (Wildman–Crippen LogP) is 0.808. The van der Waals surface area contributed by atoms with Crippen molar-refractivity contribution in [1.29, 1.82) is 0 Å². The Morgan fingerprint density at radius 2 is 2.00 bits per heavy atom. The fourth-order valence-electron chi connectivity index (χ4n) is 1.60. The van der Waals surface area contributed by atoms with E-state index in [-0.39, 0.29) is 6.04 Å². The molecule has 1 N–H and O–H groups in total. The van der Waals surface area contributed by atoms with Crippen LogP contribution in [-0.2, 0) is 9.84 Å². The number of hydrogen-bond acceptors (Lipinski definition) is 3. The molecule has 1 rings (SSSR count). The van der Waals surface area contributed by atoms with Gasteiger partial charge in [-0.2, -0.15) is 0 Å². The van der Waals surface area contributed by atoms with Gasteiger partial charge in [0.1, 0.15) is 0 Å². The van der Waals surface area contributed by atoms with E-state index < -0.39 is 9.84 Å². The lowest BCUT2D eigenvalue weighted by Gasteiger charge is -2.22. The van der Waals surface area contributed by atoms with Gasteiger partial charge in [-0.25, -0.2) is 8.42 Å². The smallest absolute Gasteiger partial charge is 0.151 e. The van der Waals surface area contributed by atoms with Gasteiger partial charge in [-0.3, -0.25) is 0 Å². The first-order valence-electron chi connectivity index (χ1n) is 4.87. The predicted molar refractivity (Wildman–Crippen MR) is 54.5 cm³/mol. The fraction of sp³-hybridized carbons (Fsp3) is 1.00. The molecular weight excluding hydrogens is 186 g/mol. The van der Waals surface area contributed by atoms with E-state index in [4.69, 9.17) is 0 Å². The van der Waals surface area contributed by atoms with Crippen molar-refractivity contribution in [1.82, 2.24) is 5.32 Å². The molecule has 2 unspecified atom stereocenters. The second-order valence-corrected chi connectivity index (χ2v) is 6.55. The highest BCUT2D eigenvalue weighted by Crippen LogP contribution is 2.13. The molecule has 2 atom stereocenters. The molecule has 0 spiro atoms. The molecule has 4 heteroatoms. The van der Waals surface area contributed by atoms with Gasteiger partial charge in [0.15, 0.2) is 9.84 Å². The van der Waals surface area contributed by atoms with Crippen molar-refractivity contribution in [3.05, 3.63) is 0 Å². The summed E-state index contributed by atoms with van der Waals surface area (Å²) in [7, 11) is -2.81. The standard InChI is InChI=1S/C9H19NO2S/c1-7(2)9-6-13(11,12)5-4-8(3)10-9/h7-10H,4-6H2,1-3H3. The van der Waals surface area contributed by atoms with Crippen molar-refractivity contribution in [2.75, 3.05) is 11.5 Å². The normalized spacial score (nSPS) is 34.5. The number of hydrogen-bond donors (Lipinski definition) is 1. The molecule has 1 aliphatic rings. The molecule has 0 saturated carbocycles. The summed E-state index contributed by atoms with van der Waals surface area (Å²) >= 11 is 0. The zero-order chi connectivity index (χ0) is 10.1. The Hall–Kier alpha value is -0.0900. The Balaban J connectivity index is 2.75. The second-order valence-electron chi connectivity index (χ2n) is 4.32. The summed E-state index contributed by atoms with van der Waals surface area (Å²) in [6.07, 6.45) is 0.742. The molecule has 1 saturated heterocycles. The average Bonchev–Trinajstić information content (AvgIpc) is 2.11. The van der Waals surface area contributed by atoms with E-state index in [0.29, 0.717) is 23.5 Å². The van der Waals surface area contributed by atoms with E-state index in [2.05, 4.69) is 26.1 Å². The number of sulfone groups is 1. The molecule has 3 nitrogen and oxygen atoms in total. The van der Waals surface area contributed by atoms with Crippen LogP contribution in [0.5, 0.6) is 0 Å². The molecule has 1 heterocycles. The second kappa shape index (κ2) is 3.96. The van der Waals surface area contributed by atoms with Gasteiger partial charge >= 0.3 is 0 Å². The average molecular weight is 205 g/mol. The molecule has 0 bridgehead atoms. The van der Waals surface area contributed by atoms with E-state index in [9.17, 15) is 8.42 Å². The zero-order valence-electron chi connectivity index (χ0n) is 8.58. The van der Waals surface area contributed by atoms with Gasteiger partial charge in [0.05, 0.1) is 11.5 Å². The van der Waals surface area contributed by atoms with Crippen molar-refractivity contribution < 1.29 is 8.42 Å². The summed E-state index contributed by atoms with van der Waals surface area (Å²) in [5, 5.41) is 3.35. The molecule has 0 aromatic carbocycles. The first kappa shape index (κ1) is 11.0. The van der Waals surface area contributed by atoms with E-state index in [0.717, 1.165) is 6.42 Å². The summed E-state index contributed by atoms with van der Waals surface area (Å²) < 4.78 is 23.0. The lowest BCUT2D eigenvalue weighted by Crippen LogP contribution is -2.41. The van der Waals surface area contributed by atoms with Crippen LogP contribution in [0, 0.1) is 5.92 Å². The van der Waals surface area contributed by atoms with Crippen LogP contribution >= 0.6 is 0 Å². The first-order valence-corrected chi connectivity index (χ1v) is 6.69. The fourth-order valence-corrected chi connectivity index (χ4v) is 3.50. The highest BCUT2D eigenvalue weighted by Gasteiger charge is 2.27. The largest absolute Gasteiger partial charge is 0.310 e. The minimum Gasteiger partial charge on any atom is -0.310 e. The minimum atomic E-state index is -2.81. The number of rotatable bonds is 1. The molecule has 78 valence electrons. The van der Waals surface area contributed by atoms with Crippen LogP contribution in [0.2, 0.25) is 0 Å². The van der Waals surface area contributed by atoms with Crippen LogP contribution in [-0.4, -0.2) is 32.0 Å². The zero-order valence-corrected chi connectivity index (χ0v) is 9.39. The quantitative estimate of drug-likeness (QED) is 0.689. The van der Waals surface area contributed by atoms with Crippen LogP contribution in [0.3, 0.4) is 0 Å². The summed E-state index contributed by atoms with van der Waals surface area (Å²) in [4.78, 5) is 0. The van der Waals surface area contributed by atoms with Gasteiger partial charge in [-0.1, -0.05) is 13.8 Å². The molecular formula is C9H19NO2S. The van der Waals surface area contributed by atoms with Crippen molar-refractivity contribution in [2.45, 2.75) is 39.3 Å². The SMILES string of the molecule is CC1CCS(=O)(=O)CC(C(C)C)N1. The van der Waals surface area contributed by atoms with Crippen molar-refractivity contribution in [3.8, 4) is 0 Å². The molecule has 0 aromatic heterocycles. The third-order valence-electron chi connectivity index (χ3n) is 2.60. The lowest BCUT2D eigenvalue weighted by atomic mass is 10.1. The number of nitrogens with one attached hydrogen (secondary N) is 1. The Bertz CT molecular complexity index is 259. The first-order chi connectivity index (χ1) is 5.91.